The van der Waals surface area contributed by atoms with E-state index in [4.69, 9.17) is 5.73 Å². The molecule has 0 saturated carbocycles. The van der Waals surface area contributed by atoms with Crippen molar-refractivity contribution in [3.8, 4) is 0 Å². The molecule has 0 radical (unpaired) electrons. The van der Waals surface area contributed by atoms with Crippen LogP contribution in [-0.4, -0.2) is 52.2 Å². The van der Waals surface area contributed by atoms with Crippen molar-refractivity contribution >= 4 is 22.4 Å². The van der Waals surface area contributed by atoms with Crippen LogP contribution in [0.1, 0.15) is 37.4 Å². The molecular weight excluding hydrogens is 412 g/mol. The first-order chi connectivity index (χ1) is 15.8. The van der Waals surface area contributed by atoms with Gasteiger partial charge in [-0.15, -0.1) is 0 Å². The predicted molar refractivity (Wildman–Crippen MR) is 133 cm³/mol. The second kappa shape index (κ2) is 7.30. The van der Waals surface area contributed by atoms with Gasteiger partial charge < -0.3 is 15.5 Å². The monoisotopic (exact) mass is 444 g/mol. The zero-order valence-electron chi connectivity index (χ0n) is 19.7. The van der Waals surface area contributed by atoms with Crippen LogP contribution in [0.2, 0.25) is 0 Å². The summed E-state index contributed by atoms with van der Waals surface area (Å²) in [5.41, 5.74) is 12.1. The van der Waals surface area contributed by atoms with E-state index >= 15 is 0 Å². The summed E-state index contributed by atoms with van der Waals surface area (Å²) in [4.78, 5) is 24.6. The zero-order valence-corrected chi connectivity index (χ0v) is 19.7. The Bertz CT molecular complexity index is 1300. The van der Waals surface area contributed by atoms with Crippen LogP contribution in [0.15, 0.2) is 47.4 Å². The number of fused-ring (bicyclic) bond motifs is 4. The molecule has 0 amide bonds. The molecule has 0 unspecified atom stereocenters. The average molecular weight is 445 g/mol. The van der Waals surface area contributed by atoms with Crippen LogP contribution in [0.4, 0.5) is 11.4 Å². The Morgan fingerprint density at radius 3 is 2.79 bits per heavy atom. The molecule has 0 bridgehead atoms. The molecule has 2 fully saturated rings. The highest BCUT2D eigenvalue weighted by Crippen LogP contribution is 2.42. The fourth-order valence-corrected chi connectivity index (χ4v) is 6.03. The standard InChI is InChI=1S/C26H32N6O/c1-17-13-31(22-12-24(33)29(3)25-21(22)5-4-9-28-25)15-23-20-7-6-19(11-18(20)14-32(17)23)30-10-8-26(2,27)16-30/h4-7,9,11-12,17,23H,8,10,13-16,27H2,1-3H3/t17-,23-,26-/m1/s1. The molecule has 2 saturated heterocycles. The van der Waals surface area contributed by atoms with E-state index in [0.717, 1.165) is 55.9 Å². The normalized spacial score (nSPS) is 27.3. The van der Waals surface area contributed by atoms with Crippen LogP contribution >= 0.6 is 0 Å². The van der Waals surface area contributed by atoms with Crippen molar-refractivity contribution in [3.63, 3.8) is 0 Å². The maximum Gasteiger partial charge on any atom is 0.253 e. The number of hydrogen-bond acceptors (Lipinski definition) is 6. The number of nitrogens with zero attached hydrogens (tertiary/aromatic N) is 5. The van der Waals surface area contributed by atoms with Gasteiger partial charge in [0.25, 0.3) is 5.56 Å². The molecule has 2 N–H and O–H groups in total. The molecule has 7 nitrogen and oxygen atoms in total. The lowest BCUT2D eigenvalue weighted by atomic mass is 10.00. The number of pyridine rings is 2. The Morgan fingerprint density at radius 1 is 1.15 bits per heavy atom. The Morgan fingerprint density at radius 2 is 2.00 bits per heavy atom. The molecule has 0 spiro atoms. The Balaban J connectivity index is 1.34. The van der Waals surface area contributed by atoms with Gasteiger partial charge in [0.15, 0.2) is 0 Å². The van der Waals surface area contributed by atoms with E-state index in [0.29, 0.717) is 12.1 Å². The first-order valence-electron chi connectivity index (χ1n) is 11.9. The first-order valence-corrected chi connectivity index (χ1v) is 11.9. The van der Waals surface area contributed by atoms with Crippen molar-refractivity contribution in [2.45, 2.75) is 44.4 Å². The topological polar surface area (TPSA) is 70.6 Å². The Labute approximate surface area is 194 Å². The van der Waals surface area contributed by atoms with Gasteiger partial charge in [0.2, 0.25) is 0 Å². The van der Waals surface area contributed by atoms with Crippen LogP contribution in [0.25, 0.3) is 11.0 Å². The highest BCUT2D eigenvalue weighted by Gasteiger charge is 2.40. The van der Waals surface area contributed by atoms with Crippen LogP contribution in [-0.2, 0) is 13.6 Å². The van der Waals surface area contributed by atoms with Crippen molar-refractivity contribution in [3.05, 3.63) is 64.1 Å². The predicted octanol–water partition coefficient (Wildman–Crippen LogP) is 2.63. The van der Waals surface area contributed by atoms with Crippen LogP contribution < -0.4 is 21.1 Å². The van der Waals surface area contributed by atoms with Crippen molar-refractivity contribution < 1.29 is 0 Å². The minimum Gasteiger partial charge on any atom is -0.370 e. The van der Waals surface area contributed by atoms with E-state index in [1.807, 2.05) is 6.07 Å². The highest BCUT2D eigenvalue weighted by atomic mass is 16.1. The molecule has 7 heteroatoms. The lowest BCUT2D eigenvalue weighted by Crippen LogP contribution is -2.51. The summed E-state index contributed by atoms with van der Waals surface area (Å²) in [5.74, 6) is 0. The maximum atomic E-state index is 12.7. The summed E-state index contributed by atoms with van der Waals surface area (Å²) in [5, 5.41) is 1.03. The van der Waals surface area contributed by atoms with Gasteiger partial charge in [0.05, 0.1) is 11.7 Å². The van der Waals surface area contributed by atoms with Gasteiger partial charge >= 0.3 is 0 Å². The minimum absolute atomic E-state index is 0.0136. The summed E-state index contributed by atoms with van der Waals surface area (Å²) >= 11 is 0. The molecule has 6 rings (SSSR count). The van der Waals surface area contributed by atoms with Gasteiger partial charge in [-0.3, -0.25) is 14.3 Å². The van der Waals surface area contributed by atoms with Crippen molar-refractivity contribution in [1.82, 2.24) is 14.5 Å². The van der Waals surface area contributed by atoms with Gasteiger partial charge in [-0.2, -0.15) is 0 Å². The van der Waals surface area contributed by atoms with Crippen LogP contribution in [0, 0.1) is 0 Å². The Hall–Kier alpha value is -2.90. The third-order valence-corrected chi connectivity index (χ3v) is 7.86. The number of nitrogens with two attached hydrogens (primary N) is 1. The molecule has 2 aromatic heterocycles. The lowest BCUT2D eigenvalue weighted by Gasteiger charge is -2.43. The average Bonchev–Trinajstić information content (AvgIpc) is 3.36. The molecule has 5 heterocycles. The molecule has 3 aliphatic heterocycles. The fourth-order valence-electron chi connectivity index (χ4n) is 6.03. The fraction of sp³-hybridized carbons (Fsp3) is 0.462. The number of piperazine rings is 1. The number of hydrogen-bond donors (Lipinski definition) is 1. The highest BCUT2D eigenvalue weighted by molar-refractivity contribution is 5.89. The lowest BCUT2D eigenvalue weighted by molar-refractivity contribution is 0.134. The number of benzene rings is 1. The minimum atomic E-state index is -0.101. The van der Waals surface area contributed by atoms with E-state index < -0.39 is 0 Å². The third-order valence-electron chi connectivity index (χ3n) is 7.86. The Kier molecular flexibility index (Phi) is 4.58. The van der Waals surface area contributed by atoms with E-state index in [1.54, 1.807) is 23.9 Å². The summed E-state index contributed by atoms with van der Waals surface area (Å²) < 4.78 is 1.63. The third kappa shape index (κ3) is 3.33. The zero-order chi connectivity index (χ0) is 22.9. The number of rotatable bonds is 2. The molecular formula is C26H32N6O. The first kappa shape index (κ1) is 20.7. The summed E-state index contributed by atoms with van der Waals surface area (Å²) in [6.07, 6.45) is 2.79. The summed E-state index contributed by atoms with van der Waals surface area (Å²) in [6, 6.07) is 13.5. The summed E-state index contributed by atoms with van der Waals surface area (Å²) in [6.45, 7) is 9.13. The van der Waals surface area contributed by atoms with E-state index in [-0.39, 0.29) is 11.1 Å². The van der Waals surface area contributed by atoms with Gasteiger partial charge in [-0.25, -0.2) is 4.98 Å². The van der Waals surface area contributed by atoms with Crippen LogP contribution in [0.3, 0.4) is 0 Å². The second-order valence-electron chi connectivity index (χ2n) is 10.5. The van der Waals surface area contributed by atoms with Crippen molar-refractivity contribution in [2.75, 3.05) is 36.0 Å². The number of anilines is 2. The van der Waals surface area contributed by atoms with Crippen molar-refractivity contribution in [1.29, 1.82) is 0 Å². The molecule has 3 aromatic rings. The molecule has 3 atom stereocenters. The van der Waals surface area contributed by atoms with Gasteiger partial charge in [0, 0.05) is 74.7 Å². The van der Waals surface area contributed by atoms with Gasteiger partial charge in [0.1, 0.15) is 5.65 Å². The van der Waals surface area contributed by atoms with E-state index in [2.05, 4.69) is 57.8 Å². The van der Waals surface area contributed by atoms with Gasteiger partial charge in [-0.1, -0.05) is 6.07 Å². The largest absolute Gasteiger partial charge is 0.370 e. The number of aryl methyl sites for hydroxylation is 1. The van der Waals surface area contributed by atoms with Crippen LogP contribution in [0.5, 0.6) is 0 Å². The number of aromatic nitrogens is 2. The molecule has 33 heavy (non-hydrogen) atoms. The van der Waals surface area contributed by atoms with E-state index in [9.17, 15) is 4.79 Å². The second-order valence-corrected chi connectivity index (χ2v) is 10.5. The van der Waals surface area contributed by atoms with Gasteiger partial charge in [-0.05, 0) is 55.7 Å². The SMILES string of the molecule is C[C@@H]1CN(c2cc(=O)n(C)c3ncccc23)C[C@@H]2c3ccc(N4CC[C@@](C)(N)C4)cc3CN12. The van der Waals surface area contributed by atoms with E-state index in [1.165, 1.54) is 16.8 Å². The maximum absolute atomic E-state index is 12.7. The molecule has 172 valence electrons. The quantitative estimate of drug-likeness (QED) is 0.655. The molecule has 0 aliphatic carbocycles. The molecule has 1 aromatic carbocycles. The smallest absolute Gasteiger partial charge is 0.253 e. The van der Waals surface area contributed by atoms with Crippen molar-refractivity contribution in [2.24, 2.45) is 12.8 Å². The molecule has 3 aliphatic rings. The summed E-state index contributed by atoms with van der Waals surface area (Å²) in [7, 11) is 1.79.